The molecule has 0 spiro atoms. The van der Waals surface area contributed by atoms with E-state index in [4.69, 9.17) is 10.5 Å². The van der Waals surface area contributed by atoms with Gasteiger partial charge < -0.3 is 10.5 Å². The van der Waals surface area contributed by atoms with E-state index in [2.05, 4.69) is 38.8 Å². The van der Waals surface area contributed by atoms with Crippen LogP contribution in [0.2, 0.25) is 0 Å². The molecule has 0 saturated carbocycles. The van der Waals surface area contributed by atoms with Crippen molar-refractivity contribution in [3.05, 3.63) is 29.8 Å². The fourth-order valence-corrected chi connectivity index (χ4v) is 2.21. The first-order chi connectivity index (χ1) is 8.97. The fraction of sp³-hybridized carbons (Fsp3) is 0.625. The Hall–Kier alpha value is -1.06. The SMILES string of the molecule is CCOc1ccccc1C(CN)N(C)C(C)(C)CC. The number of ether oxygens (including phenoxy) is 1. The van der Waals surface area contributed by atoms with Gasteiger partial charge in [-0.2, -0.15) is 0 Å². The number of hydrogen-bond donors (Lipinski definition) is 1. The molecule has 0 bridgehead atoms. The molecule has 0 aliphatic carbocycles. The second-order valence-electron chi connectivity index (χ2n) is 5.50. The number of para-hydroxylation sites is 1. The molecule has 108 valence electrons. The molecule has 0 aliphatic heterocycles. The van der Waals surface area contributed by atoms with Gasteiger partial charge in [-0.1, -0.05) is 25.1 Å². The molecule has 0 aromatic heterocycles. The summed E-state index contributed by atoms with van der Waals surface area (Å²) in [6.45, 7) is 9.98. The molecule has 0 radical (unpaired) electrons. The lowest BCUT2D eigenvalue weighted by molar-refractivity contribution is 0.0986. The van der Waals surface area contributed by atoms with Crippen LogP contribution < -0.4 is 10.5 Å². The number of nitrogens with zero attached hydrogens (tertiary/aromatic N) is 1. The minimum atomic E-state index is 0.114. The van der Waals surface area contributed by atoms with Crippen molar-refractivity contribution in [1.29, 1.82) is 0 Å². The largest absolute Gasteiger partial charge is 0.494 e. The zero-order valence-corrected chi connectivity index (χ0v) is 12.9. The van der Waals surface area contributed by atoms with Crippen molar-refractivity contribution in [3.63, 3.8) is 0 Å². The van der Waals surface area contributed by atoms with Gasteiger partial charge in [0.1, 0.15) is 5.75 Å². The zero-order valence-electron chi connectivity index (χ0n) is 12.9. The highest BCUT2D eigenvalue weighted by molar-refractivity contribution is 5.36. The second kappa shape index (κ2) is 6.92. The van der Waals surface area contributed by atoms with Crippen molar-refractivity contribution >= 4 is 0 Å². The topological polar surface area (TPSA) is 38.5 Å². The van der Waals surface area contributed by atoms with Crippen LogP contribution in [0.3, 0.4) is 0 Å². The normalized spacial score (nSPS) is 13.6. The fourth-order valence-electron chi connectivity index (χ4n) is 2.21. The molecule has 3 heteroatoms. The number of rotatable bonds is 7. The monoisotopic (exact) mass is 264 g/mol. The van der Waals surface area contributed by atoms with Gasteiger partial charge >= 0.3 is 0 Å². The summed E-state index contributed by atoms with van der Waals surface area (Å²) >= 11 is 0. The van der Waals surface area contributed by atoms with Gasteiger partial charge in [-0.25, -0.2) is 0 Å². The molecule has 0 amide bonds. The molecule has 0 heterocycles. The highest BCUT2D eigenvalue weighted by Gasteiger charge is 2.29. The Labute approximate surface area is 117 Å². The van der Waals surface area contributed by atoms with Crippen molar-refractivity contribution in [1.82, 2.24) is 4.90 Å². The Balaban J connectivity index is 3.09. The first-order valence-corrected chi connectivity index (χ1v) is 7.12. The van der Waals surface area contributed by atoms with Crippen molar-refractivity contribution in [2.24, 2.45) is 5.73 Å². The highest BCUT2D eigenvalue weighted by atomic mass is 16.5. The molecule has 1 unspecified atom stereocenters. The van der Waals surface area contributed by atoms with E-state index in [0.717, 1.165) is 12.2 Å². The molecular formula is C16H28N2O. The molecule has 2 N–H and O–H groups in total. The Kier molecular flexibility index (Phi) is 5.83. The highest BCUT2D eigenvalue weighted by Crippen LogP contribution is 2.33. The standard InChI is InChI=1S/C16H28N2O/c1-6-16(3,4)18(5)14(12-17)13-10-8-9-11-15(13)19-7-2/h8-11,14H,6-7,12,17H2,1-5H3. The average molecular weight is 264 g/mol. The van der Waals surface area contributed by atoms with Gasteiger partial charge in [0.2, 0.25) is 0 Å². The van der Waals surface area contributed by atoms with E-state index in [9.17, 15) is 0 Å². The number of nitrogens with two attached hydrogens (primary N) is 1. The lowest BCUT2D eigenvalue weighted by atomic mass is 9.94. The van der Waals surface area contributed by atoms with E-state index in [-0.39, 0.29) is 11.6 Å². The van der Waals surface area contributed by atoms with E-state index < -0.39 is 0 Å². The maximum absolute atomic E-state index is 6.02. The summed E-state index contributed by atoms with van der Waals surface area (Å²) in [5.41, 5.74) is 7.32. The van der Waals surface area contributed by atoms with Crippen LogP contribution in [0.15, 0.2) is 24.3 Å². The van der Waals surface area contributed by atoms with E-state index >= 15 is 0 Å². The summed E-state index contributed by atoms with van der Waals surface area (Å²) in [6.07, 6.45) is 1.08. The number of benzene rings is 1. The summed E-state index contributed by atoms with van der Waals surface area (Å²) in [4.78, 5) is 2.35. The first-order valence-electron chi connectivity index (χ1n) is 7.12. The minimum absolute atomic E-state index is 0.114. The van der Waals surface area contributed by atoms with E-state index in [0.29, 0.717) is 13.2 Å². The van der Waals surface area contributed by atoms with E-state index in [1.54, 1.807) is 0 Å². The van der Waals surface area contributed by atoms with Crippen LogP contribution in [-0.2, 0) is 0 Å². The predicted octanol–water partition coefficient (Wildman–Crippen LogP) is 3.21. The molecular weight excluding hydrogens is 236 g/mol. The Morgan fingerprint density at radius 1 is 1.26 bits per heavy atom. The van der Waals surface area contributed by atoms with Crippen molar-refractivity contribution in [3.8, 4) is 5.75 Å². The second-order valence-corrected chi connectivity index (χ2v) is 5.50. The zero-order chi connectivity index (χ0) is 14.5. The van der Waals surface area contributed by atoms with E-state index in [1.807, 2.05) is 25.1 Å². The molecule has 1 rings (SSSR count). The minimum Gasteiger partial charge on any atom is -0.494 e. The average Bonchev–Trinajstić information content (AvgIpc) is 2.41. The van der Waals surface area contributed by atoms with Gasteiger partial charge in [0.05, 0.1) is 12.6 Å². The summed E-state index contributed by atoms with van der Waals surface area (Å²) in [5, 5.41) is 0. The maximum Gasteiger partial charge on any atom is 0.124 e. The van der Waals surface area contributed by atoms with Gasteiger partial charge in [-0.15, -0.1) is 0 Å². The maximum atomic E-state index is 6.02. The molecule has 1 aromatic carbocycles. The lowest BCUT2D eigenvalue weighted by Gasteiger charge is -2.41. The van der Waals surface area contributed by atoms with Gasteiger partial charge in [0.15, 0.2) is 0 Å². The number of hydrogen-bond acceptors (Lipinski definition) is 3. The van der Waals surface area contributed by atoms with Gasteiger partial charge in [-0.3, -0.25) is 4.90 Å². The summed E-state index contributed by atoms with van der Waals surface area (Å²) in [5.74, 6) is 0.944. The molecule has 3 nitrogen and oxygen atoms in total. The lowest BCUT2D eigenvalue weighted by Crippen LogP contribution is -2.45. The van der Waals surface area contributed by atoms with Crippen LogP contribution in [0.4, 0.5) is 0 Å². The molecule has 0 saturated heterocycles. The third kappa shape index (κ3) is 3.71. The Morgan fingerprint density at radius 3 is 2.42 bits per heavy atom. The van der Waals surface area contributed by atoms with Gasteiger partial charge in [0.25, 0.3) is 0 Å². The summed E-state index contributed by atoms with van der Waals surface area (Å²) < 4.78 is 5.73. The summed E-state index contributed by atoms with van der Waals surface area (Å²) in [7, 11) is 2.14. The quantitative estimate of drug-likeness (QED) is 0.822. The van der Waals surface area contributed by atoms with Crippen molar-refractivity contribution < 1.29 is 4.74 Å². The van der Waals surface area contributed by atoms with Crippen LogP contribution >= 0.6 is 0 Å². The third-order valence-electron chi connectivity index (χ3n) is 4.09. The van der Waals surface area contributed by atoms with Crippen molar-refractivity contribution in [2.45, 2.75) is 45.7 Å². The number of likely N-dealkylation sites (N-methyl/N-ethyl adjacent to an activating group) is 1. The molecule has 0 fully saturated rings. The predicted molar refractivity (Wildman–Crippen MR) is 81.5 cm³/mol. The molecule has 1 atom stereocenters. The van der Waals surface area contributed by atoms with E-state index in [1.165, 1.54) is 5.56 Å². The van der Waals surface area contributed by atoms with Crippen LogP contribution in [-0.4, -0.2) is 30.6 Å². The van der Waals surface area contributed by atoms with Gasteiger partial charge in [-0.05, 0) is 40.3 Å². The molecule has 0 aliphatic rings. The van der Waals surface area contributed by atoms with Gasteiger partial charge in [0, 0.05) is 17.6 Å². The van der Waals surface area contributed by atoms with Crippen LogP contribution in [0.1, 0.15) is 45.7 Å². The third-order valence-corrected chi connectivity index (χ3v) is 4.09. The Morgan fingerprint density at radius 2 is 1.89 bits per heavy atom. The van der Waals surface area contributed by atoms with Crippen LogP contribution in [0.5, 0.6) is 5.75 Å². The smallest absolute Gasteiger partial charge is 0.124 e. The van der Waals surface area contributed by atoms with Crippen LogP contribution in [0, 0.1) is 0 Å². The van der Waals surface area contributed by atoms with Crippen LogP contribution in [0.25, 0.3) is 0 Å². The molecule has 19 heavy (non-hydrogen) atoms. The summed E-state index contributed by atoms with van der Waals surface area (Å²) in [6, 6.07) is 8.37. The molecule has 1 aromatic rings. The Bertz CT molecular complexity index is 390. The van der Waals surface area contributed by atoms with Crippen molar-refractivity contribution in [2.75, 3.05) is 20.2 Å². The first kappa shape index (κ1) is 16.0.